The zero-order valence-corrected chi connectivity index (χ0v) is 10.2. The fraction of sp³-hybridized carbons (Fsp3) is 0.188. The SMILES string of the molecule is CCc1ccc(C)c(C(=O)c2ccccc2)c1. The van der Waals surface area contributed by atoms with Crippen LogP contribution >= 0.6 is 0 Å². The Balaban J connectivity index is 2.44. The topological polar surface area (TPSA) is 17.1 Å². The molecule has 2 rings (SSSR count). The summed E-state index contributed by atoms with van der Waals surface area (Å²) in [4.78, 5) is 12.3. The highest BCUT2D eigenvalue weighted by Crippen LogP contribution is 2.16. The molecule has 0 aliphatic rings. The Bertz CT molecular complexity index is 526. The molecule has 2 aromatic rings. The van der Waals surface area contributed by atoms with Gasteiger partial charge in [0, 0.05) is 11.1 Å². The third-order valence-corrected chi connectivity index (χ3v) is 2.99. The van der Waals surface area contributed by atoms with Crippen molar-refractivity contribution in [2.45, 2.75) is 20.3 Å². The Morgan fingerprint density at radius 1 is 1.06 bits per heavy atom. The van der Waals surface area contributed by atoms with E-state index in [0.717, 1.165) is 23.1 Å². The van der Waals surface area contributed by atoms with E-state index in [0.29, 0.717) is 0 Å². The average Bonchev–Trinajstić information content (AvgIpc) is 2.39. The molecule has 17 heavy (non-hydrogen) atoms. The second-order valence-electron chi connectivity index (χ2n) is 4.20. The Labute approximate surface area is 102 Å². The van der Waals surface area contributed by atoms with Crippen molar-refractivity contribution in [3.63, 3.8) is 0 Å². The van der Waals surface area contributed by atoms with Gasteiger partial charge in [0.1, 0.15) is 0 Å². The molecule has 0 aromatic heterocycles. The second kappa shape index (κ2) is 4.96. The fourth-order valence-electron chi connectivity index (χ4n) is 1.88. The van der Waals surface area contributed by atoms with Crippen molar-refractivity contribution >= 4 is 5.78 Å². The van der Waals surface area contributed by atoms with Gasteiger partial charge >= 0.3 is 0 Å². The van der Waals surface area contributed by atoms with Crippen molar-refractivity contribution in [1.82, 2.24) is 0 Å². The van der Waals surface area contributed by atoms with Gasteiger partial charge in [-0.2, -0.15) is 0 Å². The Morgan fingerprint density at radius 3 is 2.41 bits per heavy atom. The molecule has 0 aliphatic heterocycles. The molecule has 0 saturated heterocycles. The maximum atomic E-state index is 12.3. The molecule has 0 N–H and O–H groups in total. The van der Waals surface area contributed by atoms with Crippen molar-refractivity contribution in [3.05, 3.63) is 70.8 Å². The third-order valence-electron chi connectivity index (χ3n) is 2.99. The molecule has 0 spiro atoms. The zero-order valence-electron chi connectivity index (χ0n) is 10.2. The molecular formula is C16H16O. The highest BCUT2D eigenvalue weighted by Gasteiger charge is 2.11. The number of hydrogen-bond acceptors (Lipinski definition) is 1. The minimum Gasteiger partial charge on any atom is -0.289 e. The van der Waals surface area contributed by atoms with Crippen LogP contribution < -0.4 is 0 Å². The molecule has 0 radical (unpaired) electrons. The molecule has 86 valence electrons. The van der Waals surface area contributed by atoms with Crippen LogP contribution in [0.3, 0.4) is 0 Å². The summed E-state index contributed by atoms with van der Waals surface area (Å²) >= 11 is 0. The molecule has 0 bridgehead atoms. The van der Waals surface area contributed by atoms with Crippen molar-refractivity contribution in [2.24, 2.45) is 0 Å². The van der Waals surface area contributed by atoms with E-state index >= 15 is 0 Å². The highest BCUT2D eigenvalue weighted by atomic mass is 16.1. The van der Waals surface area contributed by atoms with E-state index in [-0.39, 0.29) is 5.78 Å². The second-order valence-corrected chi connectivity index (χ2v) is 4.20. The number of aryl methyl sites for hydroxylation is 2. The van der Waals surface area contributed by atoms with E-state index in [1.54, 1.807) is 0 Å². The third kappa shape index (κ3) is 2.44. The molecule has 1 nitrogen and oxygen atoms in total. The lowest BCUT2D eigenvalue weighted by Crippen LogP contribution is -2.04. The van der Waals surface area contributed by atoms with Crippen LogP contribution in [-0.2, 0) is 6.42 Å². The number of benzene rings is 2. The molecule has 0 atom stereocenters. The molecule has 0 amide bonds. The van der Waals surface area contributed by atoms with Crippen molar-refractivity contribution in [2.75, 3.05) is 0 Å². The molecule has 0 heterocycles. The van der Waals surface area contributed by atoms with Crippen LogP contribution in [0.1, 0.15) is 34.0 Å². The highest BCUT2D eigenvalue weighted by molar-refractivity contribution is 6.09. The predicted octanol–water partition coefficient (Wildman–Crippen LogP) is 3.79. The Hall–Kier alpha value is -1.89. The smallest absolute Gasteiger partial charge is 0.193 e. The summed E-state index contributed by atoms with van der Waals surface area (Å²) in [5.41, 5.74) is 3.81. The Morgan fingerprint density at radius 2 is 1.76 bits per heavy atom. The van der Waals surface area contributed by atoms with E-state index in [2.05, 4.69) is 13.0 Å². The normalized spacial score (nSPS) is 10.2. The first-order valence-electron chi connectivity index (χ1n) is 5.91. The van der Waals surface area contributed by atoms with Crippen molar-refractivity contribution < 1.29 is 4.79 Å². The van der Waals surface area contributed by atoms with Crippen LogP contribution in [0.15, 0.2) is 48.5 Å². The molecule has 1 heteroatoms. The molecule has 0 fully saturated rings. The van der Waals surface area contributed by atoms with Gasteiger partial charge in [-0.15, -0.1) is 0 Å². The van der Waals surface area contributed by atoms with Gasteiger partial charge in [0.2, 0.25) is 0 Å². The maximum absolute atomic E-state index is 12.3. The summed E-state index contributed by atoms with van der Waals surface area (Å²) in [6.45, 7) is 4.08. The maximum Gasteiger partial charge on any atom is 0.193 e. The van der Waals surface area contributed by atoms with E-state index < -0.39 is 0 Å². The minimum absolute atomic E-state index is 0.110. The van der Waals surface area contributed by atoms with E-state index in [1.165, 1.54) is 5.56 Å². The van der Waals surface area contributed by atoms with E-state index in [4.69, 9.17) is 0 Å². The van der Waals surface area contributed by atoms with Gasteiger partial charge in [0.05, 0.1) is 0 Å². The summed E-state index contributed by atoms with van der Waals surface area (Å²) in [5, 5.41) is 0. The van der Waals surface area contributed by atoms with Gasteiger partial charge in [-0.05, 0) is 30.5 Å². The minimum atomic E-state index is 0.110. The van der Waals surface area contributed by atoms with Crippen LogP contribution in [-0.4, -0.2) is 5.78 Å². The lowest BCUT2D eigenvalue weighted by molar-refractivity contribution is 0.103. The first kappa shape index (κ1) is 11.6. The first-order chi connectivity index (χ1) is 8.22. The van der Waals surface area contributed by atoms with Crippen molar-refractivity contribution in [3.8, 4) is 0 Å². The molecule has 2 aromatic carbocycles. The monoisotopic (exact) mass is 224 g/mol. The standard InChI is InChI=1S/C16H16O/c1-3-13-10-9-12(2)15(11-13)16(17)14-7-5-4-6-8-14/h4-11H,3H2,1-2H3. The summed E-state index contributed by atoms with van der Waals surface area (Å²) < 4.78 is 0. The van der Waals surface area contributed by atoms with E-state index in [1.807, 2.05) is 49.4 Å². The van der Waals surface area contributed by atoms with Gasteiger partial charge < -0.3 is 0 Å². The summed E-state index contributed by atoms with van der Waals surface area (Å²) in [5.74, 6) is 0.110. The summed E-state index contributed by atoms with van der Waals surface area (Å²) in [6.07, 6.45) is 0.954. The van der Waals surface area contributed by atoms with Crippen molar-refractivity contribution in [1.29, 1.82) is 0 Å². The lowest BCUT2D eigenvalue weighted by Gasteiger charge is -2.07. The number of ketones is 1. The van der Waals surface area contributed by atoms with Gasteiger partial charge in [-0.1, -0.05) is 49.4 Å². The van der Waals surface area contributed by atoms with Gasteiger partial charge in [0.25, 0.3) is 0 Å². The zero-order chi connectivity index (χ0) is 12.3. The first-order valence-corrected chi connectivity index (χ1v) is 5.91. The Kier molecular flexibility index (Phi) is 3.38. The summed E-state index contributed by atoms with van der Waals surface area (Å²) in [6, 6.07) is 15.5. The van der Waals surface area contributed by atoms with Crippen LogP contribution in [0.2, 0.25) is 0 Å². The number of rotatable bonds is 3. The van der Waals surface area contributed by atoms with Crippen LogP contribution in [0.25, 0.3) is 0 Å². The molecule has 0 unspecified atom stereocenters. The molecular weight excluding hydrogens is 208 g/mol. The number of carbonyl (C=O) groups is 1. The number of carbonyl (C=O) groups excluding carboxylic acids is 1. The quantitative estimate of drug-likeness (QED) is 0.725. The van der Waals surface area contributed by atoms with Crippen LogP contribution in [0.5, 0.6) is 0 Å². The van der Waals surface area contributed by atoms with Crippen LogP contribution in [0.4, 0.5) is 0 Å². The molecule has 0 saturated carbocycles. The lowest BCUT2D eigenvalue weighted by atomic mass is 9.96. The van der Waals surface area contributed by atoms with Gasteiger partial charge in [-0.25, -0.2) is 0 Å². The van der Waals surface area contributed by atoms with E-state index in [9.17, 15) is 4.79 Å². The molecule has 0 aliphatic carbocycles. The van der Waals surface area contributed by atoms with Gasteiger partial charge in [0.15, 0.2) is 5.78 Å². The number of hydrogen-bond donors (Lipinski definition) is 0. The summed E-state index contributed by atoms with van der Waals surface area (Å²) in [7, 11) is 0. The fourth-order valence-corrected chi connectivity index (χ4v) is 1.88. The van der Waals surface area contributed by atoms with Crippen LogP contribution in [0, 0.1) is 6.92 Å². The largest absolute Gasteiger partial charge is 0.289 e. The predicted molar refractivity (Wildman–Crippen MR) is 70.4 cm³/mol. The van der Waals surface area contributed by atoms with Gasteiger partial charge in [-0.3, -0.25) is 4.79 Å². The average molecular weight is 224 g/mol.